The van der Waals surface area contributed by atoms with Crippen LogP contribution in [0.4, 0.5) is 5.13 Å². The van der Waals surface area contributed by atoms with Gasteiger partial charge in [0.2, 0.25) is 0 Å². The number of nitrogens with one attached hydrogen (secondary N) is 1. The van der Waals surface area contributed by atoms with Gasteiger partial charge in [0.05, 0.1) is 12.8 Å². The first-order valence-corrected chi connectivity index (χ1v) is 9.72. The maximum atomic E-state index is 12.2. The number of benzene rings is 1. The van der Waals surface area contributed by atoms with Crippen LogP contribution in [0.25, 0.3) is 0 Å². The molecule has 1 aliphatic carbocycles. The number of ether oxygens (including phenoxy) is 2. The molecule has 0 aliphatic heterocycles. The largest absolute Gasteiger partial charge is 0.497 e. The minimum Gasteiger partial charge on any atom is -0.497 e. The van der Waals surface area contributed by atoms with E-state index in [9.17, 15) is 4.79 Å². The van der Waals surface area contributed by atoms with Crippen LogP contribution in [0, 0.1) is 11.3 Å². The third-order valence-corrected chi connectivity index (χ3v) is 5.86. The minimum absolute atomic E-state index is 0.0535. The van der Waals surface area contributed by atoms with Crippen molar-refractivity contribution in [2.45, 2.75) is 40.0 Å². The quantitative estimate of drug-likeness (QED) is 0.847. The van der Waals surface area contributed by atoms with Crippen LogP contribution in [0.2, 0.25) is 0 Å². The number of methoxy groups -OCH3 is 1. The molecule has 1 amide bonds. The van der Waals surface area contributed by atoms with Crippen molar-refractivity contribution in [1.29, 1.82) is 0 Å². The summed E-state index contributed by atoms with van der Waals surface area (Å²) in [4.78, 5) is 18.1. The molecule has 0 bridgehead atoms. The zero-order valence-electron chi connectivity index (χ0n) is 15.8. The monoisotopic (exact) mass is 374 g/mol. The zero-order chi connectivity index (χ0) is 18.7. The molecule has 1 heterocycles. The maximum absolute atomic E-state index is 12.2. The number of aryl methyl sites for hydroxylation is 1. The minimum atomic E-state index is -0.203. The normalized spacial score (nSPS) is 16.7. The number of fused-ring (bicyclic) bond motifs is 1. The first-order chi connectivity index (χ1) is 12.3. The summed E-state index contributed by atoms with van der Waals surface area (Å²) in [5.41, 5.74) is 1.44. The highest BCUT2D eigenvalue weighted by molar-refractivity contribution is 7.15. The van der Waals surface area contributed by atoms with Gasteiger partial charge < -0.3 is 9.47 Å². The number of anilines is 1. The van der Waals surface area contributed by atoms with Crippen LogP contribution in [0.15, 0.2) is 24.3 Å². The van der Waals surface area contributed by atoms with E-state index in [2.05, 4.69) is 31.1 Å². The lowest BCUT2D eigenvalue weighted by Gasteiger charge is -2.33. The van der Waals surface area contributed by atoms with Gasteiger partial charge in [-0.15, -0.1) is 11.3 Å². The number of nitrogens with zero attached hydrogens (tertiary/aromatic N) is 1. The van der Waals surface area contributed by atoms with Crippen LogP contribution in [-0.4, -0.2) is 24.6 Å². The summed E-state index contributed by atoms with van der Waals surface area (Å²) in [7, 11) is 1.60. The number of carbonyl (C=O) groups is 1. The first kappa shape index (κ1) is 18.7. The molecule has 1 aliphatic rings. The van der Waals surface area contributed by atoms with Crippen LogP contribution in [-0.2, 0) is 17.6 Å². The van der Waals surface area contributed by atoms with Crippen LogP contribution in [0.1, 0.15) is 37.8 Å². The highest BCUT2D eigenvalue weighted by Gasteiger charge is 2.30. The van der Waals surface area contributed by atoms with Gasteiger partial charge in [-0.05, 0) is 42.7 Å². The molecule has 6 heteroatoms. The van der Waals surface area contributed by atoms with Gasteiger partial charge in [-0.3, -0.25) is 10.1 Å². The van der Waals surface area contributed by atoms with Gasteiger partial charge in [-0.25, -0.2) is 4.98 Å². The highest BCUT2D eigenvalue weighted by Crippen LogP contribution is 2.40. The van der Waals surface area contributed by atoms with E-state index in [0.29, 0.717) is 28.0 Å². The molecule has 0 fully saturated rings. The molecule has 26 heavy (non-hydrogen) atoms. The van der Waals surface area contributed by atoms with Gasteiger partial charge in [0.25, 0.3) is 5.91 Å². The Morgan fingerprint density at radius 2 is 2.12 bits per heavy atom. The van der Waals surface area contributed by atoms with E-state index in [4.69, 9.17) is 9.47 Å². The van der Waals surface area contributed by atoms with Crippen molar-refractivity contribution in [2.75, 3.05) is 19.0 Å². The molecule has 1 aromatic heterocycles. The van der Waals surface area contributed by atoms with Crippen LogP contribution < -0.4 is 14.8 Å². The lowest BCUT2D eigenvalue weighted by molar-refractivity contribution is -0.118. The average molecular weight is 375 g/mol. The molecule has 2 aromatic rings. The van der Waals surface area contributed by atoms with Crippen molar-refractivity contribution in [2.24, 2.45) is 11.3 Å². The first-order valence-electron chi connectivity index (χ1n) is 8.90. The fraction of sp³-hybridized carbons (Fsp3) is 0.500. The number of carbonyl (C=O) groups excluding carboxylic acids is 1. The molecule has 1 aromatic carbocycles. The summed E-state index contributed by atoms with van der Waals surface area (Å²) in [5.74, 6) is 1.76. The third kappa shape index (κ3) is 4.55. The summed E-state index contributed by atoms with van der Waals surface area (Å²) in [6.45, 7) is 6.83. The van der Waals surface area contributed by atoms with E-state index in [0.717, 1.165) is 25.0 Å². The van der Waals surface area contributed by atoms with Gasteiger partial charge in [0.15, 0.2) is 11.7 Å². The van der Waals surface area contributed by atoms with E-state index >= 15 is 0 Å². The smallest absolute Gasteiger partial charge is 0.264 e. The van der Waals surface area contributed by atoms with Crippen molar-refractivity contribution in [3.8, 4) is 11.5 Å². The molecule has 0 spiro atoms. The lowest BCUT2D eigenvalue weighted by Crippen LogP contribution is -2.26. The molecule has 0 radical (unpaired) electrons. The van der Waals surface area contributed by atoms with Crippen molar-refractivity contribution in [3.05, 3.63) is 34.8 Å². The highest BCUT2D eigenvalue weighted by atomic mass is 32.1. The Balaban J connectivity index is 1.56. The number of amides is 1. The Hall–Kier alpha value is -2.08. The molecule has 1 atom stereocenters. The van der Waals surface area contributed by atoms with Gasteiger partial charge >= 0.3 is 0 Å². The molecule has 0 saturated heterocycles. The molecular formula is C20H26N2O3S. The van der Waals surface area contributed by atoms with E-state index in [1.165, 1.54) is 4.88 Å². The van der Waals surface area contributed by atoms with E-state index in [1.54, 1.807) is 30.6 Å². The van der Waals surface area contributed by atoms with Gasteiger partial charge in [-0.1, -0.05) is 26.8 Å². The Morgan fingerprint density at radius 3 is 2.85 bits per heavy atom. The summed E-state index contributed by atoms with van der Waals surface area (Å²) >= 11 is 1.59. The van der Waals surface area contributed by atoms with E-state index in [1.807, 2.05) is 12.1 Å². The number of thiazole rings is 1. The van der Waals surface area contributed by atoms with Gasteiger partial charge in [-0.2, -0.15) is 0 Å². The Labute approximate surface area is 158 Å². The Morgan fingerprint density at radius 1 is 1.35 bits per heavy atom. The van der Waals surface area contributed by atoms with Crippen LogP contribution >= 0.6 is 11.3 Å². The average Bonchev–Trinajstić information content (AvgIpc) is 3.00. The standard InChI is InChI=1S/C20H26N2O3S/c1-20(2,3)13-8-9-16-17(10-13)26-19(21-16)22-18(23)12-25-15-7-5-6-14(11-15)24-4/h5-7,11,13H,8-10,12H2,1-4H3,(H,21,22,23). The van der Waals surface area contributed by atoms with Gasteiger partial charge in [0.1, 0.15) is 11.5 Å². The molecule has 1 unspecified atom stereocenters. The molecule has 3 rings (SSSR count). The summed E-state index contributed by atoms with van der Waals surface area (Å²) < 4.78 is 10.7. The van der Waals surface area contributed by atoms with E-state index in [-0.39, 0.29) is 12.5 Å². The fourth-order valence-corrected chi connectivity index (χ4v) is 4.27. The molecular weight excluding hydrogens is 348 g/mol. The summed E-state index contributed by atoms with van der Waals surface area (Å²) in [6.07, 6.45) is 3.20. The van der Waals surface area contributed by atoms with Crippen LogP contribution in [0.3, 0.4) is 0 Å². The zero-order valence-corrected chi connectivity index (χ0v) is 16.6. The number of hydrogen-bond acceptors (Lipinski definition) is 5. The van der Waals surface area contributed by atoms with Crippen LogP contribution in [0.5, 0.6) is 11.5 Å². The maximum Gasteiger partial charge on any atom is 0.264 e. The number of aromatic nitrogens is 1. The second kappa shape index (κ2) is 7.66. The van der Waals surface area contributed by atoms with E-state index < -0.39 is 0 Å². The van der Waals surface area contributed by atoms with Gasteiger partial charge in [0, 0.05) is 10.9 Å². The summed E-state index contributed by atoms with van der Waals surface area (Å²) in [6, 6.07) is 7.21. The SMILES string of the molecule is COc1cccc(OCC(=O)Nc2nc3c(s2)CC(C(C)(C)C)CC3)c1. The number of hydrogen-bond donors (Lipinski definition) is 1. The molecule has 0 saturated carbocycles. The summed E-state index contributed by atoms with van der Waals surface area (Å²) in [5, 5.41) is 3.53. The predicted molar refractivity (Wildman–Crippen MR) is 104 cm³/mol. The Bertz CT molecular complexity index is 780. The lowest BCUT2D eigenvalue weighted by atomic mass is 9.73. The topological polar surface area (TPSA) is 60.5 Å². The van der Waals surface area contributed by atoms with Crippen molar-refractivity contribution < 1.29 is 14.3 Å². The van der Waals surface area contributed by atoms with Crippen molar-refractivity contribution in [3.63, 3.8) is 0 Å². The number of rotatable bonds is 5. The molecule has 1 N–H and O–H groups in total. The van der Waals surface area contributed by atoms with Crippen molar-refractivity contribution >= 4 is 22.4 Å². The Kier molecular flexibility index (Phi) is 5.51. The second-order valence-electron chi connectivity index (χ2n) is 7.71. The van der Waals surface area contributed by atoms with Crippen molar-refractivity contribution in [1.82, 2.24) is 4.98 Å². The predicted octanol–water partition coefficient (Wildman–Crippen LogP) is 4.32. The third-order valence-electron chi connectivity index (χ3n) is 4.82. The second-order valence-corrected chi connectivity index (χ2v) is 8.79. The molecule has 140 valence electrons. The fourth-order valence-electron chi connectivity index (χ4n) is 3.16. The molecule has 5 nitrogen and oxygen atoms in total.